The molecule has 24 heavy (non-hydrogen) atoms. The summed E-state index contributed by atoms with van der Waals surface area (Å²) in [6, 6.07) is 15.6. The summed E-state index contributed by atoms with van der Waals surface area (Å²) in [7, 11) is 0. The van der Waals surface area contributed by atoms with E-state index in [9.17, 15) is 15.0 Å². The maximum absolute atomic E-state index is 12.3. The first kappa shape index (κ1) is 17.8. The molecule has 0 heterocycles. The van der Waals surface area contributed by atoms with Crippen LogP contribution in [0, 0.1) is 5.41 Å². The molecule has 0 bridgehead atoms. The third-order valence-corrected chi connectivity index (χ3v) is 3.91. The number of carbonyl (C=O) groups excluding carboxylic acids is 1. The van der Waals surface area contributed by atoms with E-state index in [4.69, 9.17) is 4.74 Å². The van der Waals surface area contributed by atoms with Crippen molar-refractivity contribution in [3.63, 3.8) is 0 Å². The van der Waals surface area contributed by atoms with Gasteiger partial charge in [-0.05, 0) is 36.2 Å². The Labute approximate surface area is 141 Å². The van der Waals surface area contributed by atoms with E-state index in [1.54, 1.807) is 36.4 Å². The van der Waals surface area contributed by atoms with Gasteiger partial charge in [-0.15, -0.1) is 0 Å². The number of rotatable bonds is 6. The highest BCUT2D eigenvalue weighted by molar-refractivity contribution is 5.84. The fraction of sp³-hybridized carbons (Fsp3) is 0.316. The summed E-state index contributed by atoms with van der Waals surface area (Å²) in [5.41, 5.74) is 0.932. The second-order valence-electron chi connectivity index (χ2n) is 6.33. The molecular weight excluding hydrogens is 306 g/mol. The number of nitrogens with one attached hydrogen (secondary N) is 1. The minimum Gasteiger partial charge on any atom is -0.508 e. The summed E-state index contributed by atoms with van der Waals surface area (Å²) in [5, 5.41) is 21.5. The Balaban J connectivity index is 2.19. The number of aromatic hydroxyl groups is 1. The Morgan fingerprint density at radius 1 is 1.12 bits per heavy atom. The lowest BCUT2D eigenvalue weighted by Gasteiger charge is -2.33. The molecule has 0 saturated carbocycles. The molecule has 0 aromatic heterocycles. The molecule has 1 atom stereocenters. The molecule has 0 aliphatic rings. The minimum absolute atomic E-state index is 0.00868. The lowest BCUT2D eigenvalue weighted by atomic mass is 9.80. The predicted octanol–water partition coefficient (Wildman–Crippen LogP) is 4.09. The van der Waals surface area contributed by atoms with Gasteiger partial charge in [0.15, 0.2) is 0 Å². The molecule has 1 amide bonds. The van der Waals surface area contributed by atoms with Crippen molar-refractivity contribution in [3.05, 3.63) is 60.2 Å². The number of hydrogen-bond donors (Lipinski definition) is 3. The van der Waals surface area contributed by atoms with Crippen molar-refractivity contribution < 1.29 is 19.7 Å². The number of aliphatic hydroxyl groups is 1. The molecule has 0 fully saturated rings. The number of para-hydroxylation sites is 1. The van der Waals surface area contributed by atoms with E-state index >= 15 is 0 Å². The Hall–Kier alpha value is -2.53. The molecule has 3 N–H and O–H groups in total. The number of phenols is 1. The van der Waals surface area contributed by atoms with Crippen LogP contribution < -0.4 is 5.32 Å². The van der Waals surface area contributed by atoms with Gasteiger partial charge in [0.05, 0.1) is 0 Å². The van der Waals surface area contributed by atoms with Crippen LogP contribution in [0.15, 0.2) is 54.6 Å². The normalized spacial score (nSPS) is 12.5. The molecule has 0 radical (unpaired) electrons. The van der Waals surface area contributed by atoms with Crippen LogP contribution in [-0.2, 0) is 4.74 Å². The molecule has 0 spiro atoms. The lowest BCUT2D eigenvalue weighted by molar-refractivity contribution is 0.0152. The molecule has 2 aromatic carbocycles. The van der Waals surface area contributed by atoms with Crippen molar-refractivity contribution in [3.8, 4) is 5.75 Å². The second kappa shape index (κ2) is 7.84. The Morgan fingerprint density at radius 3 is 2.33 bits per heavy atom. The third kappa shape index (κ3) is 4.73. The lowest BCUT2D eigenvalue weighted by Crippen LogP contribution is -2.29. The summed E-state index contributed by atoms with van der Waals surface area (Å²) >= 11 is 0. The SMILES string of the molecule is CC(C)(CCO)[C@H](OC(=O)Nc1ccccc1)c1ccc(O)cc1. The van der Waals surface area contributed by atoms with Crippen LogP contribution in [0.4, 0.5) is 10.5 Å². The Kier molecular flexibility index (Phi) is 5.82. The average molecular weight is 329 g/mol. The van der Waals surface area contributed by atoms with Crippen LogP contribution in [0.2, 0.25) is 0 Å². The summed E-state index contributed by atoms with van der Waals surface area (Å²) in [4.78, 5) is 12.3. The number of anilines is 1. The number of ether oxygens (including phenoxy) is 1. The second-order valence-corrected chi connectivity index (χ2v) is 6.33. The van der Waals surface area contributed by atoms with E-state index in [0.717, 1.165) is 5.56 Å². The van der Waals surface area contributed by atoms with Crippen LogP contribution >= 0.6 is 0 Å². The van der Waals surface area contributed by atoms with Crippen molar-refractivity contribution in [2.75, 3.05) is 11.9 Å². The zero-order valence-corrected chi connectivity index (χ0v) is 13.9. The highest BCUT2D eigenvalue weighted by Crippen LogP contribution is 2.39. The topological polar surface area (TPSA) is 78.8 Å². The fourth-order valence-corrected chi connectivity index (χ4v) is 2.52. The highest BCUT2D eigenvalue weighted by Gasteiger charge is 2.34. The maximum Gasteiger partial charge on any atom is 0.412 e. The van der Waals surface area contributed by atoms with Gasteiger partial charge in [-0.25, -0.2) is 4.79 Å². The van der Waals surface area contributed by atoms with Crippen LogP contribution in [0.5, 0.6) is 5.75 Å². The van der Waals surface area contributed by atoms with Crippen molar-refractivity contribution in [1.29, 1.82) is 0 Å². The number of phenolic OH excluding ortho intramolecular Hbond substituents is 1. The van der Waals surface area contributed by atoms with Gasteiger partial charge >= 0.3 is 6.09 Å². The summed E-state index contributed by atoms with van der Waals surface area (Å²) in [6.07, 6.45) is -0.656. The van der Waals surface area contributed by atoms with Gasteiger partial charge in [0.1, 0.15) is 11.9 Å². The number of benzene rings is 2. The number of carbonyl (C=O) groups is 1. The van der Waals surface area contributed by atoms with Gasteiger partial charge < -0.3 is 14.9 Å². The van der Waals surface area contributed by atoms with Gasteiger partial charge in [-0.3, -0.25) is 5.32 Å². The Morgan fingerprint density at radius 2 is 1.75 bits per heavy atom. The van der Waals surface area contributed by atoms with Gasteiger partial charge in [-0.1, -0.05) is 44.2 Å². The first-order chi connectivity index (χ1) is 11.4. The monoisotopic (exact) mass is 329 g/mol. The molecule has 5 heteroatoms. The number of hydrogen-bond acceptors (Lipinski definition) is 4. The fourth-order valence-electron chi connectivity index (χ4n) is 2.52. The molecule has 0 unspecified atom stereocenters. The first-order valence-corrected chi connectivity index (χ1v) is 7.85. The van der Waals surface area contributed by atoms with Gasteiger partial charge in [0.2, 0.25) is 0 Å². The summed E-state index contributed by atoms with van der Waals surface area (Å²) in [6.45, 7) is 3.85. The molecule has 5 nitrogen and oxygen atoms in total. The maximum atomic E-state index is 12.3. The van der Waals surface area contributed by atoms with Crippen LogP contribution in [0.25, 0.3) is 0 Å². The van der Waals surface area contributed by atoms with E-state index in [2.05, 4.69) is 5.32 Å². The van der Waals surface area contributed by atoms with Gasteiger partial charge in [-0.2, -0.15) is 0 Å². The Bertz CT molecular complexity index is 653. The molecule has 2 aromatic rings. The summed E-state index contributed by atoms with van der Waals surface area (Å²) in [5.74, 6) is 0.145. The predicted molar refractivity (Wildman–Crippen MR) is 92.9 cm³/mol. The van der Waals surface area contributed by atoms with Crippen molar-refractivity contribution in [2.24, 2.45) is 5.41 Å². The average Bonchev–Trinajstić information content (AvgIpc) is 2.54. The summed E-state index contributed by atoms with van der Waals surface area (Å²) < 4.78 is 5.65. The van der Waals surface area contributed by atoms with Crippen molar-refractivity contribution >= 4 is 11.8 Å². The van der Waals surface area contributed by atoms with Crippen molar-refractivity contribution in [1.82, 2.24) is 0 Å². The van der Waals surface area contributed by atoms with E-state index < -0.39 is 17.6 Å². The number of aliphatic hydroxyl groups excluding tert-OH is 1. The number of amides is 1. The molecule has 0 aliphatic heterocycles. The van der Waals surface area contributed by atoms with E-state index in [0.29, 0.717) is 12.1 Å². The van der Waals surface area contributed by atoms with Crippen molar-refractivity contribution in [2.45, 2.75) is 26.4 Å². The van der Waals surface area contributed by atoms with Crippen LogP contribution in [0.3, 0.4) is 0 Å². The zero-order chi connectivity index (χ0) is 17.6. The smallest absolute Gasteiger partial charge is 0.412 e. The first-order valence-electron chi connectivity index (χ1n) is 7.85. The van der Waals surface area contributed by atoms with Gasteiger partial charge in [0, 0.05) is 17.7 Å². The van der Waals surface area contributed by atoms with Gasteiger partial charge in [0.25, 0.3) is 0 Å². The van der Waals surface area contributed by atoms with Crippen LogP contribution in [-0.4, -0.2) is 22.9 Å². The molecule has 128 valence electrons. The molecular formula is C19H23NO4. The van der Waals surface area contributed by atoms with E-state index in [-0.39, 0.29) is 12.4 Å². The third-order valence-electron chi connectivity index (χ3n) is 3.91. The molecule has 0 aliphatic carbocycles. The molecule has 0 saturated heterocycles. The molecule has 2 rings (SSSR count). The van der Waals surface area contributed by atoms with Crippen LogP contribution in [0.1, 0.15) is 31.9 Å². The zero-order valence-electron chi connectivity index (χ0n) is 13.9. The van der Waals surface area contributed by atoms with E-state index in [1.165, 1.54) is 0 Å². The standard InChI is InChI=1S/C19H23NO4/c1-19(2,12-13-21)17(14-8-10-16(22)11-9-14)24-18(23)20-15-6-4-3-5-7-15/h3-11,17,21-22H,12-13H2,1-2H3,(H,20,23)/t17-/m1/s1. The largest absolute Gasteiger partial charge is 0.508 e. The highest BCUT2D eigenvalue weighted by atomic mass is 16.6. The van der Waals surface area contributed by atoms with E-state index in [1.807, 2.05) is 32.0 Å². The minimum atomic E-state index is -0.565. The quantitative estimate of drug-likeness (QED) is 0.746.